The summed E-state index contributed by atoms with van der Waals surface area (Å²) < 4.78 is 27.0. The highest BCUT2D eigenvalue weighted by Gasteiger charge is 2.16. The standard InChI is InChI=1S/C13H16N4O2S/c1-16(10-13-14-11-15-17(13)2)20(18,19)9-8-12-6-4-3-5-7-12/h3-9,11H,10H2,1-2H3. The first-order chi connectivity index (χ1) is 9.49. The van der Waals surface area contributed by atoms with Crippen molar-refractivity contribution >= 4 is 16.1 Å². The van der Waals surface area contributed by atoms with Gasteiger partial charge in [-0.15, -0.1) is 0 Å². The molecule has 1 aromatic heterocycles. The Bertz CT molecular complexity index is 692. The molecule has 106 valence electrons. The van der Waals surface area contributed by atoms with E-state index >= 15 is 0 Å². The normalized spacial score (nSPS) is 12.3. The van der Waals surface area contributed by atoms with Gasteiger partial charge in [0.05, 0.1) is 6.54 Å². The molecule has 2 rings (SSSR count). The molecule has 0 spiro atoms. The van der Waals surface area contributed by atoms with Crippen molar-refractivity contribution in [1.29, 1.82) is 0 Å². The van der Waals surface area contributed by atoms with Crippen LogP contribution in [0.1, 0.15) is 11.4 Å². The van der Waals surface area contributed by atoms with Crippen LogP contribution in [0.2, 0.25) is 0 Å². The van der Waals surface area contributed by atoms with Gasteiger partial charge in [0, 0.05) is 19.5 Å². The summed E-state index contributed by atoms with van der Waals surface area (Å²) in [4.78, 5) is 4.01. The summed E-state index contributed by atoms with van der Waals surface area (Å²) in [6, 6.07) is 9.28. The maximum Gasteiger partial charge on any atom is 0.236 e. The highest BCUT2D eigenvalue weighted by Crippen LogP contribution is 2.09. The fraction of sp³-hybridized carbons (Fsp3) is 0.231. The van der Waals surface area contributed by atoms with Crippen LogP contribution in [0.4, 0.5) is 0 Å². The maximum atomic E-state index is 12.1. The average molecular weight is 292 g/mol. The lowest BCUT2D eigenvalue weighted by Crippen LogP contribution is -2.25. The second-order valence-electron chi connectivity index (χ2n) is 4.31. The summed E-state index contributed by atoms with van der Waals surface area (Å²) in [5.41, 5.74) is 0.836. The lowest BCUT2D eigenvalue weighted by Gasteiger charge is -2.13. The van der Waals surface area contributed by atoms with Crippen LogP contribution in [0.25, 0.3) is 6.08 Å². The molecule has 0 aliphatic heterocycles. The predicted octanol–water partition coefficient (Wildman–Crippen LogP) is 1.25. The molecule has 7 heteroatoms. The van der Waals surface area contributed by atoms with E-state index in [-0.39, 0.29) is 6.54 Å². The summed E-state index contributed by atoms with van der Waals surface area (Å²) in [7, 11) is -0.242. The second kappa shape index (κ2) is 5.98. The van der Waals surface area contributed by atoms with Crippen LogP contribution in [-0.2, 0) is 23.6 Å². The van der Waals surface area contributed by atoms with E-state index in [1.165, 1.54) is 23.1 Å². The molecule has 0 bridgehead atoms. The van der Waals surface area contributed by atoms with Crippen molar-refractivity contribution in [3.8, 4) is 0 Å². The third-order valence-electron chi connectivity index (χ3n) is 2.84. The predicted molar refractivity (Wildman–Crippen MR) is 76.9 cm³/mol. The van der Waals surface area contributed by atoms with Crippen LogP contribution >= 0.6 is 0 Å². The van der Waals surface area contributed by atoms with Crippen molar-refractivity contribution < 1.29 is 8.42 Å². The van der Waals surface area contributed by atoms with Gasteiger partial charge in [-0.1, -0.05) is 30.3 Å². The van der Waals surface area contributed by atoms with Crippen molar-refractivity contribution in [3.63, 3.8) is 0 Å². The Morgan fingerprint density at radius 3 is 2.60 bits per heavy atom. The van der Waals surface area contributed by atoms with Gasteiger partial charge in [-0.25, -0.2) is 13.4 Å². The molecule has 2 aromatic rings. The van der Waals surface area contributed by atoms with E-state index in [0.29, 0.717) is 5.82 Å². The third-order valence-corrected chi connectivity index (χ3v) is 4.31. The van der Waals surface area contributed by atoms with E-state index in [0.717, 1.165) is 5.56 Å². The molecule has 0 radical (unpaired) electrons. The Hall–Kier alpha value is -1.99. The third kappa shape index (κ3) is 3.52. The van der Waals surface area contributed by atoms with Gasteiger partial charge in [-0.3, -0.25) is 4.68 Å². The number of aromatic nitrogens is 3. The van der Waals surface area contributed by atoms with E-state index in [1.807, 2.05) is 30.3 Å². The fourth-order valence-electron chi connectivity index (χ4n) is 1.59. The molecule has 0 aliphatic rings. The zero-order valence-electron chi connectivity index (χ0n) is 11.3. The van der Waals surface area contributed by atoms with Crippen LogP contribution in [0.5, 0.6) is 0 Å². The van der Waals surface area contributed by atoms with Gasteiger partial charge in [0.2, 0.25) is 10.0 Å². The molecule has 1 aromatic carbocycles. The molecular formula is C13H16N4O2S. The van der Waals surface area contributed by atoms with Crippen molar-refractivity contribution in [2.45, 2.75) is 6.54 Å². The van der Waals surface area contributed by atoms with Gasteiger partial charge < -0.3 is 0 Å². The lowest BCUT2D eigenvalue weighted by molar-refractivity contribution is 0.455. The van der Waals surface area contributed by atoms with Gasteiger partial charge in [0.1, 0.15) is 12.2 Å². The molecule has 0 unspecified atom stereocenters. The zero-order valence-corrected chi connectivity index (χ0v) is 12.2. The summed E-state index contributed by atoms with van der Waals surface area (Å²) in [5, 5.41) is 5.10. The minimum absolute atomic E-state index is 0.179. The van der Waals surface area contributed by atoms with Crippen LogP contribution in [0.3, 0.4) is 0 Å². The SMILES string of the molecule is CN(Cc1ncnn1C)S(=O)(=O)C=Cc1ccccc1. The molecule has 0 saturated heterocycles. The average Bonchev–Trinajstić information content (AvgIpc) is 2.83. The highest BCUT2D eigenvalue weighted by molar-refractivity contribution is 7.92. The summed E-state index contributed by atoms with van der Waals surface area (Å²) >= 11 is 0. The van der Waals surface area contributed by atoms with Crippen LogP contribution in [0, 0.1) is 0 Å². The minimum atomic E-state index is -3.48. The first-order valence-corrected chi connectivity index (χ1v) is 7.52. The van der Waals surface area contributed by atoms with Crippen molar-refractivity contribution in [3.05, 3.63) is 53.5 Å². The lowest BCUT2D eigenvalue weighted by atomic mass is 10.2. The van der Waals surface area contributed by atoms with E-state index < -0.39 is 10.0 Å². The van der Waals surface area contributed by atoms with E-state index in [2.05, 4.69) is 10.1 Å². The number of hydrogen-bond acceptors (Lipinski definition) is 4. The maximum absolute atomic E-state index is 12.1. The Morgan fingerprint density at radius 1 is 1.30 bits per heavy atom. The van der Waals surface area contributed by atoms with Crippen LogP contribution < -0.4 is 0 Å². The number of rotatable bonds is 5. The van der Waals surface area contributed by atoms with Gasteiger partial charge in [-0.05, 0) is 11.6 Å². The van der Waals surface area contributed by atoms with Crippen molar-refractivity contribution in [2.24, 2.45) is 7.05 Å². The monoisotopic (exact) mass is 292 g/mol. The molecule has 20 heavy (non-hydrogen) atoms. The summed E-state index contributed by atoms with van der Waals surface area (Å²) in [6.07, 6.45) is 2.97. The number of nitrogens with zero attached hydrogens (tertiary/aromatic N) is 4. The number of benzene rings is 1. The van der Waals surface area contributed by atoms with E-state index in [9.17, 15) is 8.42 Å². The van der Waals surface area contributed by atoms with Gasteiger partial charge in [0.25, 0.3) is 0 Å². The smallest absolute Gasteiger partial charge is 0.236 e. The molecule has 0 atom stereocenters. The summed E-state index contributed by atoms with van der Waals surface area (Å²) in [5.74, 6) is 0.587. The molecular weight excluding hydrogens is 276 g/mol. The van der Waals surface area contributed by atoms with E-state index in [4.69, 9.17) is 0 Å². The minimum Gasteiger partial charge on any atom is -0.252 e. The largest absolute Gasteiger partial charge is 0.252 e. The molecule has 0 saturated carbocycles. The first kappa shape index (κ1) is 14.4. The number of hydrogen-bond donors (Lipinski definition) is 0. The fourth-order valence-corrected chi connectivity index (χ4v) is 2.42. The van der Waals surface area contributed by atoms with Gasteiger partial charge in [0.15, 0.2) is 0 Å². The zero-order chi connectivity index (χ0) is 14.6. The molecule has 0 fully saturated rings. The molecule has 0 amide bonds. The first-order valence-electron chi connectivity index (χ1n) is 6.01. The Kier molecular flexibility index (Phi) is 4.31. The molecule has 6 nitrogen and oxygen atoms in total. The van der Waals surface area contributed by atoms with Gasteiger partial charge >= 0.3 is 0 Å². The topological polar surface area (TPSA) is 68.1 Å². The van der Waals surface area contributed by atoms with E-state index in [1.54, 1.807) is 17.8 Å². The second-order valence-corrected chi connectivity index (χ2v) is 6.24. The molecule has 0 N–H and O–H groups in total. The Balaban J connectivity index is 2.10. The molecule has 1 heterocycles. The molecule has 0 aliphatic carbocycles. The highest BCUT2D eigenvalue weighted by atomic mass is 32.2. The van der Waals surface area contributed by atoms with Crippen molar-refractivity contribution in [1.82, 2.24) is 19.1 Å². The number of aryl methyl sites for hydroxylation is 1. The number of sulfonamides is 1. The summed E-state index contributed by atoms with van der Waals surface area (Å²) in [6.45, 7) is 0.179. The van der Waals surface area contributed by atoms with Gasteiger partial charge in [-0.2, -0.15) is 9.40 Å². The Morgan fingerprint density at radius 2 is 2.00 bits per heavy atom. The van der Waals surface area contributed by atoms with Crippen LogP contribution in [-0.4, -0.2) is 34.5 Å². The Labute approximate surface area is 118 Å². The quantitative estimate of drug-likeness (QED) is 0.831. The van der Waals surface area contributed by atoms with Crippen LogP contribution in [0.15, 0.2) is 42.1 Å². The van der Waals surface area contributed by atoms with Crippen molar-refractivity contribution in [2.75, 3.05) is 7.05 Å².